The first-order valence-electron chi connectivity index (χ1n) is 7.11. The molecule has 0 aliphatic rings. The fourth-order valence-electron chi connectivity index (χ4n) is 2.10. The SMILES string of the molecule is C=C[C@](C)(O)CN(CCN(C)C)Cc1ccccc1C. The van der Waals surface area contributed by atoms with Crippen molar-refractivity contribution in [2.75, 3.05) is 33.7 Å². The summed E-state index contributed by atoms with van der Waals surface area (Å²) in [5, 5.41) is 10.2. The van der Waals surface area contributed by atoms with Crippen LogP contribution in [0, 0.1) is 6.92 Å². The summed E-state index contributed by atoms with van der Waals surface area (Å²) in [5.41, 5.74) is 1.75. The summed E-state index contributed by atoms with van der Waals surface area (Å²) in [6.45, 7) is 11.0. The van der Waals surface area contributed by atoms with Gasteiger partial charge in [0.1, 0.15) is 0 Å². The fraction of sp³-hybridized carbons (Fsp3) is 0.529. The summed E-state index contributed by atoms with van der Waals surface area (Å²) in [4.78, 5) is 4.44. The van der Waals surface area contributed by atoms with Crippen molar-refractivity contribution in [1.29, 1.82) is 0 Å². The average molecular weight is 276 g/mol. The maximum Gasteiger partial charge on any atom is 0.0923 e. The van der Waals surface area contributed by atoms with E-state index in [4.69, 9.17) is 0 Å². The molecule has 0 unspecified atom stereocenters. The van der Waals surface area contributed by atoms with Gasteiger partial charge in [0.15, 0.2) is 0 Å². The van der Waals surface area contributed by atoms with Gasteiger partial charge in [-0.2, -0.15) is 0 Å². The summed E-state index contributed by atoms with van der Waals surface area (Å²) in [5.74, 6) is 0. The summed E-state index contributed by atoms with van der Waals surface area (Å²) in [6, 6.07) is 8.41. The molecule has 0 fully saturated rings. The van der Waals surface area contributed by atoms with Gasteiger partial charge in [-0.15, -0.1) is 6.58 Å². The Morgan fingerprint density at radius 1 is 1.25 bits per heavy atom. The van der Waals surface area contributed by atoms with E-state index in [2.05, 4.69) is 61.7 Å². The van der Waals surface area contributed by atoms with Gasteiger partial charge in [0.05, 0.1) is 5.60 Å². The molecule has 0 heterocycles. The summed E-state index contributed by atoms with van der Waals surface area (Å²) >= 11 is 0. The Labute approximate surface area is 123 Å². The van der Waals surface area contributed by atoms with E-state index < -0.39 is 5.60 Å². The van der Waals surface area contributed by atoms with E-state index in [0.29, 0.717) is 6.54 Å². The predicted molar refractivity (Wildman–Crippen MR) is 85.8 cm³/mol. The molecule has 1 N–H and O–H groups in total. The molecule has 3 heteroatoms. The highest BCUT2D eigenvalue weighted by Gasteiger charge is 2.20. The van der Waals surface area contributed by atoms with Gasteiger partial charge in [0, 0.05) is 26.2 Å². The second-order valence-corrected chi connectivity index (χ2v) is 6.00. The highest BCUT2D eigenvalue weighted by atomic mass is 16.3. The Morgan fingerprint density at radius 3 is 2.45 bits per heavy atom. The van der Waals surface area contributed by atoms with E-state index in [0.717, 1.165) is 19.6 Å². The standard InChI is InChI=1S/C17H28N2O/c1-6-17(3,20)14-19(12-11-18(4)5)13-16-10-8-7-9-15(16)2/h6-10,20H,1,11-14H2,2-5H3/t17-/m0/s1. The molecule has 0 aliphatic carbocycles. The van der Waals surface area contributed by atoms with Crippen LogP contribution in [0.5, 0.6) is 0 Å². The van der Waals surface area contributed by atoms with Crippen LogP contribution in [-0.2, 0) is 6.54 Å². The van der Waals surface area contributed by atoms with Crippen molar-refractivity contribution in [1.82, 2.24) is 9.80 Å². The van der Waals surface area contributed by atoms with Crippen LogP contribution < -0.4 is 0 Å². The molecule has 3 nitrogen and oxygen atoms in total. The summed E-state index contributed by atoms with van der Waals surface area (Å²) in [6.07, 6.45) is 1.62. The molecule has 1 aromatic carbocycles. The first-order valence-corrected chi connectivity index (χ1v) is 7.11. The maximum absolute atomic E-state index is 10.2. The van der Waals surface area contributed by atoms with E-state index >= 15 is 0 Å². The first-order chi connectivity index (χ1) is 9.34. The lowest BCUT2D eigenvalue weighted by atomic mass is 10.0. The van der Waals surface area contributed by atoms with Crippen molar-refractivity contribution >= 4 is 0 Å². The molecule has 1 atom stereocenters. The molecular formula is C17H28N2O. The van der Waals surface area contributed by atoms with Crippen molar-refractivity contribution in [3.8, 4) is 0 Å². The van der Waals surface area contributed by atoms with Gasteiger partial charge in [-0.05, 0) is 39.1 Å². The molecular weight excluding hydrogens is 248 g/mol. The van der Waals surface area contributed by atoms with E-state index in [9.17, 15) is 5.11 Å². The van der Waals surface area contributed by atoms with Gasteiger partial charge in [-0.3, -0.25) is 4.90 Å². The van der Waals surface area contributed by atoms with E-state index in [1.165, 1.54) is 11.1 Å². The topological polar surface area (TPSA) is 26.7 Å². The van der Waals surface area contributed by atoms with Crippen LogP contribution in [0.3, 0.4) is 0 Å². The molecule has 0 spiro atoms. The molecule has 0 aromatic heterocycles. The number of likely N-dealkylation sites (N-methyl/N-ethyl adjacent to an activating group) is 1. The maximum atomic E-state index is 10.2. The smallest absolute Gasteiger partial charge is 0.0923 e. The Kier molecular flexibility index (Phi) is 6.40. The third-order valence-corrected chi connectivity index (χ3v) is 3.50. The summed E-state index contributed by atoms with van der Waals surface area (Å²) in [7, 11) is 4.13. The van der Waals surface area contributed by atoms with Crippen LogP contribution in [0.25, 0.3) is 0 Å². The number of aryl methyl sites for hydroxylation is 1. The quantitative estimate of drug-likeness (QED) is 0.738. The van der Waals surface area contributed by atoms with Gasteiger partial charge < -0.3 is 10.0 Å². The van der Waals surface area contributed by atoms with Crippen molar-refractivity contribution in [2.24, 2.45) is 0 Å². The van der Waals surface area contributed by atoms with Crippen molar-refractivity contribution in [3.63, 3.8) is 0 Å². The van der Waals surface area contributed by atoms with Crippen LogP contribution in [0.1, 0.15) is 18.1 Å². The predicted octanol–water partition coefficient (Wildman–Crippen LogP) is 2.30. The zero-order chi connectivity index (χ0) is 15.2. The number of benzene rings is 1. The van der Waals surface area contributed by atoms with Gasteiger partial charge in [0.2, 0.25) is 0 Å². The molecule has 112 valence electrons. The van der Waals surface area contributed by atoms with Crippen LogP contribution in [0.15, 0.2) is 36.9 Å². The lowest BCUT2D eigenvalue weighted by Crippen LogP contribution is -2.41. The van der Waals surface area contributed by atoms with Crippen molar-refractivity contribution in [3.05, 3.63) is 48.0 Å². The van der Waals surface area contributed by atoms with Crippen LogP contribution in [-0.4, -0.2) is 54.2 Å². The summed E-state index contributed by atoms with van der Waals surface area (Å²) < 4.78 is 0. The number of hydrogen-bond acceptors (Lipinski definition) is 3. The second-order valence-electron chi connectivity index (χ2n) is 6.00. The van der Waals surface area contributed by atoms with Gasteiger partial charge in [-0.1, -0.05) is 30.3 Å². The first kappa shape index (κ1) is 16.9. The van der Waals surface area contributed by atoms with Crippen molar-refractivity contribution < 1.29 is 5.11 Å². The Hall–Kier alpha value is -1.16. The molecule has 0 aliphatic heterocycles. The lowest BCUT2D eigenvalue weighted by molar-refractivity contribution is 0.0561. The van der Waals surface area contributed by atoms with Crippen LogP contribution in [0.4, 0.5) is 0 Å². The molecule has 0 radical (unpaired) electrons. The number of nitrogens with zero attached hydrogens (tertiary/aromatic N) is 2. The van der Waals surface area contributed by atoms with Gasteiger partial charge >= 0.3 is 0 Å². The number of rotatable bonds is 8. The number of hydrogen-bond donors (Lipinski definition) is 1. The zero-order valence-electron chi connectivity index (χ0n) is 13.3. The third kappa shape index (κ3) is 5.87. The minimum absolute atomic E-state index is 0.596. The largest absolute Gasteiger partial charge is 0.385 e. The third-order valence-electron chi connectivity index (χ3n) is 3.50. The normalized spacial score (nSPS) is 14.6. The minimum atomic E-state index is -0.852. The Bertz CT molecular complexity index is 427. The molecule has 0 amide bonds. The molecule has 0 saturated heterocycles. The van der Waals surface area contributed by atoms with Gasteiger partial charge in [-0.25, -0.2) is 0 Å². The number of aliphatic hydroxyl groups is 1. The molecule has 0 bridgehead atoms. The lowest BCUT2D eigenvalue weighted by Gasteiger charge is -2.30. The minimum Gasteiger partial charge on any atom is -0.385 e. The fourth-order valence-corrected chi connectivity index (χ4v) is 2.10. The van der Waals surface area contributed by atoms with Crippen LogP contribution in [0.2, 0.25) is 0 Å². The van der Waals surface area contributed by atoms with E-state index in [-0.39, 0.29) is 0 Å². The van der Waals surface area contributed by atoms with Crippen LogP contribution >= 0.6 is 0 Å². The highest BCUT2D eigenvalue weighted by Crippen LogP contribution is 2.14. The van der Waals surface area contributed by atoms with E-state index in [1.807, 2.05) is 0 Å². The molecule has 20 heavy (non-hydrogen) atoms. The van der Waals surface area contributed by atoms with E-state index in [1.54, 1.807) is 13.0 Å². The van der Waals surface area contributed by atoms with Gasteiger partial charge in [0.25, 0.3) is 0 Å². The highest BCUT2D eigenvalue weighted by molar-refractivity contribution is 5.25. The molecule has 1 rings (SSSR count). The molecule has 1 aromatic rings. The van der Waals surface area contributed by atoms with Crippen molar-refractivity contribution in [2.45, 2.75) is 26.0 Å². The second kappa shape index (κ2) is 7.58. The monoisotopic (exact) mass is 276 g/mol. The molecule has 0 saturated carbocycles. The Morgan fingerprint density at radius 2 is 1.90 bits per heavy atom. The zero-order valence-corrected chi connectivity index (χ0v) is 13.3. The average Bonchev–Trinajstić information content (AvgIpc) is 2.38. The Balaban J connectivity index is 2.76.